The van der Waals surface area contributed by atoms with Gasteiger partial charge in [-0.1, -0.05) is 99.9 Å². The largest absolute Gasteiger partial charge is 0.243 e. The Hall–Kier alpha value is -5.58. The lowest BCUT2D eigenvalue weighted by molar-refractivity contribution is 0.723. The van der Waals surface area contributed by atoms with Gasteiger partial charge in [0.25, 0.3) is 0 Å². The van der Waals surface area contributed by atoms with E-state index in [4.69, 9.17) is 19.9 Å². The molecular formula is C42H30N4. The average Bonchev–Trinajstić information content (AvgIpc) is 3.08. The van der Waals surface area contributed by atoms with Gasteiger partial charge in [0.2, 0.25) is 0 Å². The summed E-state index contributed by atoms with van der Waals surface area (Å²) in [6.07, 6.45) is 1.92. The summed E-state index contributed by atoms with van der Waals surface area (Å²) in [6.45, 7) is 8.63. The van der Waals surface area contributed by atoms with Crippen LogP contribution >= 0.6 is 0 Å². The molecule has 2 atom stereocenters. The second kappa shape index (κ2) is 9.96. The summed E-state index contributed by atoms with van der Waals surface area (Å²) in [4.78, 5) is 21.2. The lowest BCUT2D eigenvalue weighted by atomic mass is 9.80. The molecule has 46 heavy (non-hydrogen) atoms. The first-order valence-corrected chi connectivity index (χ1v) is 16.2. The van der Waals surface area contributed by atoms with E-state index in [2.05, 4.69) is 124 Å². The Kier molecular flexibility index (Phi) is 5.80. The molecule has 0 saturated carbocycles. The molecule has 0 N–H and O–H groups in total. The van der Waals surface area contributed by atoms with Crippen molar-refractivity contribution < 1.29 is 0 Å². The van der Waals surface area contributed by atoms with E-state index >= 15 is 0 Å². The molecule has 2 aliphatic carbocycles. The minimum Gasteiger partial charge on any atom is -0.243 e. The van der Waals surface area contributed by atoms with Crippen LogP contribution in [0.15, 0.2) is 72.8 Å². The van der Waals surface area contributed by atoms with Gasteiger partial charge in [0, 0.05) is 11.8 Å². The molecule has 0 saturated heterocycles. The first-order chi connectivity index (χ1) is 22.5. The predicted molar refractivity (Wildman–Crippen MR) is 189 cm³/mol. The topological polar surface area (TPSA) is 51.6 Å². The van der Waals surface area contributed by atoms with Gasteiger partial charge in [0.1, 0.15) is 22.1 Å². The van der Waals surface area contributed by atoms with Gasteiger partial charge in [-0.2, -0.15) is 0 Å². The van der Waals surface area contributed by atoms with Crippen LogP contribution in [0.2, 0.25) is 0 Å². The first-order valence-electron chi connectivity index (χ1n) is 16.2. The monoisotopic (exact) mass is 590 g/mol. The van der Waals surface area contributed by atoms with Crippen LogP contribution in [0.3, 0.4) is 0 Å². The van der Waals surface area contributed by atoms with E-state index in [-0.39, 0.29) is 11.8 Å². The zero-order valence-electron chi connectivity index (χ0n) is 26.3. The van der Waals surface area contributed by atoms with Crippen LogP contribution < -0.4 is 0 Å². The summed E-state index contributed by atoms with van der Waals surface area (Å²) >= 11 is 0. The van der Waals surface area contributed by atoms with Gasteiger partial charge >= 0.3 is 0 Å². The Morgan fingerprint density at radius 3 is 1.00 bits per heavy atom. The van der Waals surface area contributed by atoms with Crippen LogP contribution in [0.4, 0.5) is 0 Å². The van der Waals surface area contributed by atoms with Crippen molar-refractivity contribution in [1.82, 2.24) is 19.9 Å². The molecule has 0 amide bonds. The second-order valence-corrected chi connectivity index (χ2v) is 12.6. The Balaban J connectivity index is 1.40. The van der Waals surface area contributed by atoms with Crippen LogP contribution in [0.5, 0.6) is 0 Å². The first kappa shape index (κ1) is 26.8. The maximum absolute atomic E-state index is 5.30. The molecule has 2 aromatic heterocycles. The van der Waals surface area contributed by atoms with Crippen molar-refractivity contribution in [3.8, 4) is 68.2 Å². The van der Waals surface area contributed by atoms with Gasteiger partial charge in [-0.3, -0.25) is 0 Å². The maximum Gasteiger partial charge on any atom is 0.109 e. The minimum absolute atomic E-state index is 0.226. The van der Waals surface area contributed by atoms with Crippen LogP contribution in [0, 0.1) is 35.5 Å². The standard InChI is InChI=1S/C42H30N4/c1-5-23(3)15-17-29-39-41(45-37-21-33-27-13-9-7-11-25(27)31(33)19-35(37)43-39)30(18-16-24(4)6-2)42-40(29)44-36-20-32-26-12-8-10-14-28(26)34(32)22-38(36)46-42/h7-14,19-24H,5-6H2,1-4H3. The van der Waals surface area contributed by atoms with Gasteiger partial charge in [0.05, 0.1) is 33.2 Å². The van der Waals surface area contributed by atoms with E-state index in [1.54, 1.807) is 0 Å². The number of rotatable bonds is 2. The molecule has 4 nitrogen and oxygen atoms in total. The van der Waals surface area contributed by atoms with Gasteiger partial charge in [-0.15, -0.1) is 0 Å². The summed E-state index contributed by atoms with van der Waals surface area (Å²) in [6, 6.07) is 25.7. The summed E-state index contributed by atoms with van der Waals surface area (Å²) < 4.78 is 0. The maximum atomic E-state index is 5.30. The zero-order chi connectivity index (χ0) is 31.1. The molecule has 0 spiro atoms. The molecule has 9 rings (SSSR count). The van der Waals surface area contributed by atoms with E-state index < -0.39 is 0 Å². The number of hydrogen-bond donors (Lipinski definition) is 0. The van der Waals surface area contributed by atoms with E-state index in [0.717, 1.165) is 68.1 Å². The number of fused-ring (bicyclic) bond motifs is 12. The smallest absolute Gasteiger partial charge is 0.109 e. The van der Waals surface area contributed by atoms with Crippen molar-refractivity contribution in [3.05, 3.63) is 83.9 Å². The quantitative estimate of drug-likeness (QED) is 0.149. The van der Waals surface area contributed by atoms with Crippen molar-refractivity contribution in [2.24, 2.45) is 11.8 Å². The third-order valence-corrected chi connectivity index (χ3v) is 9.68. The highest BCUT2D eigenvalue weighted by molar-refractivity contribution is 6.12. The fourth-order valence-corrected chi connectivity index (χ4v) is 6.63. The molecular weight excluding hydrogens is 560 g/mol. The number of aromatic nitrogens is 4. The molecule has 5 aromatic carbocycles. The normalized spacial score (nSPS) is 13.3. The molecule has 7 aromatic rings. The van der Waals surface area contributed by atoms with Gasteiger partial charge in [-0.05, 0) is 81.6 Å². The van der Waals surface area contributed by atoms with Crippen LogP contribution in [0.1, 0.15) is 51.7 Å². The average molecular weight is 591 g/mol. The molecule has 218 valence electrons. The van der Waals surface area contributed by atoms with Crippen molar-refractivity contribution in [2.45, 2.75) is 40.5 Å². The Morgan fingerprint density at radius 1 is 0.457 bits per heavy atom. The fourth-order valence-electron chi connectivity index (χ4n) is 6.63. The lowest BCUT2D eigenvalue weighted by Crippen LogP contribution is -2.04. The number of hydrogen-bond acceptors (Lipinski definition) is 4. The Bertz CT molecular complexity index is 2280. The molecule has 0 fully saturated rings. The third kappa shape index (κ3) is 3.84. The highest BCUT2D eigenvalue weighted by Crippen LogP contribution is 2.49. The van der Waals surface area contributed by atoms with E-state index in [9.17, 15) is 0 Å². The van der Waals surface area contributed by atoms with E-state index in [1.165, 1.54) is 44.5 Å². The number of nitrogens with zero attached hydrogens (tertiary/aromatic N) is 4. The summed E-state index contributed by atoms with van der Waals surface area (Å²) in [7, 11) is 0. The molecule has 0 bridgehead atoms. The molecule has 2 unspecified atom stereocenters. The van der Waals surface area contributed by atoms with E-state index in [1.807, 2.05) is 0 Å². The zero-order valence-corrected chi connectivity index (χ0v) is 26.3. The number of benzene rings is 5. The molecule has 4 heteroatoms. The molecule has 0 aliphatic heterocycles. The summed E-state index contributed by atoms with van der Waals surface area (Å²) in [5.41, 5.74) is 17.8. The van der Waals surface area contributed by atoms with Crippen LogP contribution in [0.25, 0.3) is 88.6 Å². The van der Waals surface area contributed by atoms with Crippen molar-refractivity contribution in [2.75, 3.05) is 0 Å². The lowest BCUT2D eigenvalue weighted by Gasteiger charge is -2.24. The van der Waals surface area contributed by atoms with Crippen molar-refractivity contribution in [3.63, 3.8) is 0 Å². The highest BCUT2D eigenvalue weighted by atomic mass is 14.9. The second-order valence-electron chi connectivity index (χ2n) is 12.6. The predicted octanol–water partition coefficient (Wildman–Crippen LogP) is 9.97. The molecule has 2 aliphatic rings. The summed E-state index contributed by atoms with van der Waals surface area (Å²) in [5, 5.41) is 0. The van der Waals surface area contributed by atoms with Crippen LogP contribution in [-0.2, 0) is 0 Å². The Morgan fingerprint density at radius 2 is 0.739 bits per heavy atom. The van der Waals surface area contributed by atoms with Gasteiger partial charge in [-0.25, -0.2) is 19.9 Å². The van der Waals surface area contributed by atoms with Gasteiger partial charge in [0.15, 0.2) is 0 Å². The highest BCUT2D eigenvalue weighted by Gasteiger charge is 2.26. The van der Waals surface area contributed by atoms with Crippen molar-refractivity contribution in [1.29, 1.82) is 0 Å². The molecule has 0 radical (unpaired) electrons. The Labute approximate surface area is 268 Å². The van der Waals surface area contributed by atoms with E-state index in [0.29, 0.717) is 0 Å². The van der Waals surface area contributed by atoms with Crippen LogP contribution in [-0.4, -0.2) is 19.9 Å². The van der Waals surface area contributed by atoms with Gasteiger partial charge < -0.3 is 0 Å². The minimum atomic E-state index is 0.226. The summed E-state index contributed by atoms with van der Waals surface area (Å²) in [5.74, 6) is 14.4. The molecule has 2 heterocycles. The third-order valence-electron chi connectivity index (χ3n) is 9.68. The SMILES string of the molecule is CCC(C)C#Cc1c2nc3cc4c(cc3nc2c(C#CC(C)CC)c2nc3cc5c(cc3nc12)-c1ccccc1-5)-c1ccccc1-4. The van der Waals surface area contributed by atoms with Crippen molar-refractivity contribution >= 4 is 44.1 Å². The fraction of sp³-hybridized carbons (Fsp3) is 0.190.